The van der Waals surface area contributed by atoms with Crippen LogP contribution >= 0.6 is 0 Å². The zero-order chi connectivity index (χ0) is 26.3. The maximum atomic E-state index is 13.6. The van der Waals surface area contributed by atoms with Gasteiger partial charge in [-0.05, 0) is 42.5 Å². The summed E-state index contributed by atoms with van der Waals surface area (Å²) < 4.78 is 23.5. The van der Waals surface area contributed by atoms with Crippen LogP contribution in [0.25, 0.3) is 0 Å². The van der Waals surface area contributed by atoms with Crippen molar-refractivity contribution in [1.29, 1.82) is 0 Å². The van der Waals surface area contributed by atoms with Crippen molar-refractivity contribution >= 4 is 5.78 Å². The van der Waals surface area contributed by atoms with Crippen LogP contribution in [0.2, 0.25) is 0 Å². The number of fused-ring (bicyclic) bond motifs is 5. The monoisotopic (exact) mass is 506 g/mol. The molecule has 198 valence electrons. The highest BCUT2D eigenvalue weighted by Crippen LogP contribution is 2.64. The second-order valence-electron chi connectivity index (χ2n) is 11.3. The number of aryl methyl sites for hydroxylation is 1. The summed E-state index contributed by atoms with van der Waals surface area (Å²) in [5.74, 6) is 0.663. The zero-order valence-corrected chi connectivity index (χ0v) is 22.3. The van der Waals surface area contributed by atoms with Gasteiger partial charge < -0.3 is 24.1 Å². The van der Waals surface area contributed by atoms with Crippen LogP contribution in [0.15, 0.2) is 54.6 Å². The Labute approximate surface area is 219 Å². The number of hydrogen-bond acceptors (Lipinski definition) is 6. The van der Waals surface area contributed by atoms with Crippen LogP contribution in [0.4, 0.5) is 0 Å². The van der Waals surface area contributed by atoms with Gasteiger partial charge in [0, 0.05) is 42.3 Å². The number of ether oxygens (including phenoxy) is 4. The molecule has 2 aromatic rings. The largest absolute Gasteiger partial charge is 0.467 e. The van der Waals surface area contributed by atoms with E-state index in [0.29, 0.717) is 31.6 Å². The molecule has 0 bridgehead atoms. The summed E-state index contributed by atoms with van der Waals surface area (Å²) in [5.41, 5.74) is 1.18. The second-order valence-corrected chi connectivity index (χ2v) is 11.3. The molecule has 1 N–H and O–H groups in total. The molecule has 0 saturated heterocycles. The van der Waals surface area contributed by atoms with E-state index in [2.05, 4.69) is 25.1 Å². The highest BCUT2D eigenvalue weighted by Gasteiger charge is 2.71. The molecule has 37 heavy (non-hydrogen) atoms. The van der Waals surface area contributed by atoms with Crippen molar-refractivity contribution in [2.24, 2.45) is 11.3 Å². The number of carbonyl (C=O) groups excluding carboxylic acids is 1. The lowest BCUT2D eigenvalue weighted by molar-refractivity contribution is -0.261. The molecular weight excluding hydrogens is 468 g/mol. The van der Waals surface area contributed by atoms with Gasteiger partial charge in [-0.2, -0.15) is 0 Å². The van der Waals surface area contributed by atoms with Crippen LogP contribution in [-0.2, 0) is 37.4 Å². The second kappa shape index (κ2) is 9.99. The number of aliphatic hydroxyl groups is 1. The lowest BCUT2D eigenvalue weighted by Crippen LogP contribution is -2.75. The Kier molecular flexibility index (Phi) is 7.05. The molecule has 0 aliphatic heterocycles. The molecule has 1 saturated carbocycles. The lowest BCUT2D eigenvalue weighted by atomic mass is 9.41. The minimum Gasteiger partial charge on any atom is -0.467 e. The van der Waals surface area contributed by atoms with E-state index in [9.17, 15) is 9.90 Å². The van der Waals surface area contributed by atoms with E-state index in [-0.39, 0.29) is 31.7 Å². The van der Waals surface area contributed by atoms with Crippen LogP contribution in [0.1, 0.15) is 55.4 Å². The summed E-state index contributed by atoms with van der Waals surface area (Å²) in [6.07, 6.45) is 5.57. The van der Waals surface area contributed by atoms with Crippen molar-refractivity contribution < 1.29 is 28.8 Å². The fourth-order valence-corrected chi connectivity index (χ4v) is 7.24. The highest BCUT2D eigenvalue weighted by molar-refractivity contribution is 5.86. The van der Waals surface area contributed by atoms with Gasteiger partial charge in [-0.25, -0.2) is 0 Å². The summed E-state index contributed by atoms with van der Waals surface area (Å²) in [7, 11) is 1.59. The topological polar surface area (TPSA) is 74.2 Å². The third-order valence-corrected chi connectivity index (χ3v) is 9.08. The predicted octanol–water partition coefficient (Wildman–Crippen LogP) is 5.03. The molecule has 1 fully saturated rings. The molecule has 5 rings (SSSR count). The highest BCUT2D eigenvalue weighted by atomic mass is 16.7. The third-order valence-electron chi connectivity index (χ3n) is 9.08. The Morgan fingerprint density at radius 3 is 2.62 bits per heavy atom. The fraction of sp³-hybridized carbons (Fsp3) is 0.516. The molecule has 0 unspecified atom stereocenters. The van der Waals surface area contributed by atoms with Crippen LogP contribution in [0.5, 0.6) is 5.75 Å². The molecule has 0 heterocycles. The van der Waals surface area contributed by atoms with E-state index in [1.165, 1.54) is 0 Å². The van der Waals surface area contributed by atoms with Crippen molar-refractivity contribution in [2.75, 3.05) is 20.7 Å². The van der Waals surface area contributed by atoms with Crippen LogP contribution < -0.4 is 4.74 Å². The molecule has 3 aliphatic rings. The number of methoxy groups -OCH3 is 1. The van der Waals surface area contributed by atoms with Crippen LogP contribution in [0.3, 0.4) is 0 Å². The Morgan fingerprint density at radius 1 is 1.08 bits per heavy atom. The number of hydrogen-bond donors (Lipinski definition) is 1. The first-order valence-electron chi connectivity index (χ1n) is 13.1. The first kappa shape index (κ1) is 26.1. The number of benzene rings is 2. The molecule has 0 radical (unpaired) electrons. The number of Topliss-reactive ketones (excluding diaryl/α,β-unsaturated/α-hetero) is 1. The zero-order valence-electron chi connectivity index (χ0n) is 22.3. The maximum absolute atomic E-state index is 13.6. The summed E-state index contributed by atoms with van der Waals surface area (Å²) in [5, 5.41) is 13.0. The molecule has 3 aliphatic carbocycles. The van der Waals surface area contributed by atoms with Gasteiger partial charge in [0.2, 0.25) is 0 Å². The molecular formula is C31H38O6. The smallest absolute Gasteiger partial charge is 0.188 e. The summed E-state index contributed by atoms with van der Waals surface area (Å²) in [6, 6.07) is 14.1. The normalized spacial score (nSPS) is 32.4. The predicted molar refractivity (Wildman–Crippen MR) is 140 cm³/mol. The number of carbonyl (C=O) groups is 1. The quantitative estimate of drug-likeness (QED) is 0.308. The van der Waals surface area contributed by atoms with Crippen molar-refractivity contribution in [3.8, 4) is 5.75 Å². The molecule has 5 atom stereocenters. The Bertz CT molecular complexity index is 1180. The Balaban J connectivity index is 1.56. The van der Waals surface area contributed by atoms with Gasteiger partial charge in [-0.1, -0.05) is 62.4 Å². The summed E-state index contributed by atoms with van der Waals surface area (Å²) in [6.45, 7) is 6.69. The average Bonchev–Trinajstić information content (AvgIpc) is 2.88. The summed E-state index contributed by atoms with van der Waals surface area (Å²) >= 11 is 0. The Hall–Kier alpha value is -2.51. The fourth-order valence-electron chi connectivity index (χ4n) is 7.24. The molecule has 0 spiro atoms. The van der Waals surface area contributed by atoms with E-state index >= 15 is 0 Å². The van der Waals surface area contributed by atoms with E-state index in [1.54, 1.807) is 7.11 Å². The van der Waals surface area contributed by atoms with Gasteiger partial charge in [0.25, 0.3) is 0 Å². The Morgan fingerprint density at radius 2 is 1.86 bits per heavy atom. The van der Waals surface area contributed by atoms with Crippen molar-refractivity contribution in [3.05, 3.63) is 76.9 Å². The number of allylic oxidation sites excluding steroid dienone is 2. The van der Waals surface area contributed by atoms with Crippen molar-refractivity contribution in [1.82, 2.24) is 0 Å². The first-order valence-corrected chi connectivity index (χ1v) is 13.1. The molecule has 0 aromatic heterocycles. The summed E-state index contributed by atoms with van der Waals surface area (Å²) in [4.78, 5) is 13.6. The van der Waals surface area contributed by atoms with Crippen LogP contribution in [-0.4, -0.2) is 43.3 Å². The SMILES string of the molecule is COCOc1cc(C)cc2c1C[C@H](OCOCc1ccccc1)[C@]1(O)[C@@]2(C)CC(=O)[C@H]2CC=CC[C@]21C. The molecule has 6 nitrogen and oxygen atoms in total. The van der Waals surface area contributed by atoms with E-state index in [0.717, 1.165) is 22.3 Å². The number of ketones is 1. The standard InChI is InChI=1S/C31H38O6/c1-21-14-25-23(27(15-21)36-19-34-4)16-28(37-20-35-18-22-10-6-5-7-11-22)31(33)29(2)13-9-8-12-24(29)26(32)17-30(25,31)3/h5-11,14-15,24,28,33H,12-13,16-20H2,1-4H3/t24-,28+,29-,30+,31-/m1/s1. The van der Waals surface area contributed by atoms with Gasteiger partial charge in [-0.3, -0.25) is 4.79 Å². The van der Waals surface area contributed by atoms with Gasteiger partial charge in [0.1, 0.15) is 23.9 Å². The lowest BCUT2D eigenvalue weighted by Gasteiger charge is -2.66. The number of rotatable bonds is 8. The van der Waals surface area contributed by atoms with E-state index in [4.69, 9.17) is 18.9 Å². The van der Waals surface area contributed by atoms with Gasteiger partial charge in [0.05, 0.1) is 12.7 Å². The van der Waals surface area contributed by atoms with Gasteiger partial charge in [-0.15, -0.1) is 0 Å². The molecule has 2 aromatic carbocycles. The molecule has 6 heteroatoms. The minimum atomic E-state index is -1.29. The van der Waals surface area contributed by atoms with Gasteiger partial charge >= 0.3 is 0 Å². The van der Waals surface area contributed by atoms with Gasteiger partial charge in [0.15, 0.2) is 6.79 Å². The third kappa shape index (κ3) is 4.15. The van der Waals surface area contributed by atoms with E-state index in [1.807, 2.05) is 50.2 Å². The molecule has 0 amide bonds. The van der Waals surface area contributed by atoms with Crippen LogP contribution in [0, 0.1) is 18.3 Å². The average molecular weight is 507 g/mol. The maximum Gasteiger partial charge on any atom is 0.188 e. The first-order chi connectivity index (χ1) is 17.7. The van der Waals surface area contributed by atoms with Crippen molar-refractivity contribution in [3.63, 3.8) is 0 Å². The van der Waals surface area contributed by atoms with Crippen molar-refractivity contribution in [2.45, 2.75) is 70.2 Å². The van der Waals surface area contributed by atoms with E-state index < -0.39 is 22.5 Å². The minimum absolute atomic E-state index is 0.0396.